The number of carbonyl (C=O) groups is 1. The average molecular weight is 486 g/mol. The van der Waals surface area contributed by atoms with Gasteiger partial charge in [-0.25, -0.2) is 8.42 Å². The summed E-state index contributed by atoms with van der Waals surface area (Å²) >= 11 is 1.73. The molecule has 0 aliphatic carbocycles. The number of amides is 1. The fourth-order valence-corrected chi connectivity index (χ4v) is 5.73. The highest BCUT2D eigenvalue weighted by Gasteiger charge is 2.24. The molecule has 8 nitrogen and oxygen atoms in total. The summed E-state index contributed by atoms with van der Waals surface area (Å²) < 4.78 is 39.0. The van der Waals surface area contributed by atoms with Gasteiger partial charge in [-0.3, -0.25) is 14.4 Å². The summed E-state index contributed by atoms with van der Waals surface area (Å²) in [4.78, 5) is 18.5. The summed E-state index contributed by atoms with van der Waals surface area (Å²) in [5, 5.41) is 2.07. The largest absolute Gasteiger partial charge is 0.454 e. The Labute approximate surface area is 196 Å². The molecule has 0 radical (unpaired) electrons. The van der Waals surface area contributed by atoms with Gasteiger partial charge in [-0.05, 0) is 41.8 Å². The van der Waals surface area contributed by atoms with E-state index in [0.29, 0.717) is 35.8 Å². The average Bonchev–Trinajstić information content (AvgIpc) is 3.51. The van der Waals surface area contributed by atoms with Crippen LogP contribution in [0.15, 0.2) is 64.9 Å². The Balaban J connectivity index is 1.25. The monoisotopic (exact) mass is 485 g/mol. The van der Waals surface area contributed by atoms with Gasteiger partial charge in [0.05, 0.1) is 10.6 Å². The van der Waals surface area contributed by atoms with Gasteiger partial charge in [-0.15, -0.1) is 11.3 Å². The molecule has 0 spiro atoms. The summed E-state index contributed by atoms with van der Waals surface area (Å²) in [6, 6.07) is 15.1. The van der Waals surface area contributed by atoms with E-state index in [1.165, 1.54) is 17.0 Å². The fraction of sp³-hybridized carbons (Fsp3) is 0.261. The third-order valence-corrected chi connectivity index (χ3v) is 7.88. The molecule has 1 aromatic heterocycles. The first-order chi connectivity index (χ1) is 16.0. The number of nitrogens with zero attached hydrogens (tertiary/aromatic N) is 2. The Morgan fingerprint density at radius 1 is 0.970 bits per heavy atom. The van der Waals surface area contributed by atoms with E-state index in [1.807, 2.05) is 6.07 Å². The number of anilines is 1. The highest BCUT2D eigenvalue weighted by Crippen LogP contribution is 2.34. The van der Waals surface area contributed by atoms with E-state index in [4.69, 9.17) is 9.47 Å². The predicted octanol–water partition coefficient (Wildman–Crippen LogP) is 3.24. The summed E-state index contributed by atoms with van der Waals surface area (Å²) in [6.45, 7) is 3.78. The molecule has 5 rings (SSSR count). The van der Waals surface area contributed by atoms with Crippen LogP contribution >= 0.6 is 11.3 Å². The van der Waals surface area contributed by atoms with Crippen LogP contribution in [0.25, 0.3) is 0 Å². The zero-order valence-corrected chi connectivity index (χ0v) is 19.4. The number of nitrogens with one attached hydrogen (secondary N) is 1. The van der Waals surface area contributed by atoms with E-state index < -0.39 is 10.0 Å². The van der Waals surface area contributed by atoms with E-state index in [0.717, 1.165) is 19.6 Å². The van der Waals surface area contributed by atoms with Crippen LogP contribution in [0.2, 0.25) is 0 Å². The highest BCUT2D eigenvalue weighted by atomic mass is 32.2. The molecule has 0 saturated carbocycles. The number of hydrogen-bond acceptors (Lipinski definition) is 7. The normalized spacial score (nSPS) is 16.1. The molecule has 33 heavy (non-hydrogen) atoms. The van der Waals surface area contributed by atoms with Gasteiger partial charge in [-0.2, -0.15) is 0 Å². The zero-order chi connectivity index (χ0) is 22.8. The molecule has 1 N–H and O–H groups in total. The van der Waals surface area contributed by atoms with Crippen molar-refractivity contribution < 1.29 is 22.7 Å². The van der Waals surface area contributed by atoms with Crippen molar-refractivity contribution in [2.24, 2.45) is 0 Å². The summed E-state index contributed by atoms with van der Waals surface area (Å²) in [5.74, 6) is 0.893. The van der Waals surface area contributed by atoms with Crippen molar-refractivity contribution in [3.63, 3.8) is 0 Å². The van der Waals surface area contributed by atoms with Crippen molar-refractivity contribution in [1.29, 1.82) is 0 Å². The number of carbonyl (C=O) groups excluding carboxylic acids is 1. The second kappa shape index (κ2) is 9.05. The second-order valence-electron chi connectivity index (χ2n) is 7.85. The van der Waals surface area contributed by atoms with Gasteiger partial charge in [0.25, 0.3) is 15.9 Å². The molecule has 0 atom stereocenters. The molecule has 172 valence electrons. The van der Waals surface area contributed by atoms with Gasteiger partial charge in [0.2, 0.25) is 6.79 Å². The minimum atomic E-state index is -3.88. The van der Waals surface area contributed by atoms with E-state index in [2.05, 4.69) is 21.1 Å². The predicted molar refractivity (Wildman–Crippen MR) is 125 cm³/mol. The SMILES string of the molecule is O=C(c1cccc(S(=O)(=O)Nc2ccc3c(c2)OCO3)c1)N1CCN(Cc2cccs2)CC1. The molecular formula is C23H23N3O5S2. The van der Waals surface area contributed by atoms with Crippen molar-refractivity contribution in [3.8, 4) is 11.5 Å². The quantitative estimate of drug-likeness (QED) is 0.577. The minimum Gasteiger partial charge on any atom is -0.454 e. The lowest BCUT2D eigenvalue weighted by Gasteiger charge is -2.34. The summed E-state index contributed by atoms with van der Waals surface area (Å²) in [5.41, 5.74) is 0.716. The zero-order valence-electron chi connectivity index (χ0n) is 17.8. The Morgan fingerprint density at radius 2 is 1.79 bits per heavy atom. The van der Waals surface area contributed by atoms with Crippen LogP contribution in [0.3, 0.4) is 0 Å². The van der Waals surface area contributed by atoms with Crippen LogP contribution in [0.4, 0.5) is 5.69 Å². The fourth-order valence-electron chi connectivity index (χ4n) is 3.88. The van der Waals surface area contributed by atoms with Crippen LogP contribution < -0.4 is 14.2 Å². The first-order valence-electron chi connectivity index (χ1n) is 10.5. The molecule has 2 aliphatic heterocycles. The molecule has 2 aliphatic rings. The smallest absolute Gasteiger partial charge is 0.261 e. The Morgan fingerprint density at radius 3 is 2.58 bits per heavy atom. The van der Waals surface area contributed by atoms with Crippen molar-refractivity contribution in [1.82, 2.24) is 9.80 Å². The number of benzene rings is 2. The van der Waals surface area contributed by atoms with Crippen LogP contribution in [-0.4, -0.2) is 57.1 Å². The maximum absolute atomic E-state index is 13.1. The van der Waals surface area contributed by atoms with Gasteiger partial charge >= 0.3 is 0 Å². The molecule has 1 amide bonds. The molecule has 0 unspecified atom stereocenters. The summed E-state index contributed by atoms with van der Waals surface area (Å²) in [6.07, 6.45) is 0. The van der Waals surface area contributed by atoms with Crippen LogP contribution in [0, 0.1) is 0 Å². The van der Waals surface area contributed by atoms with Gasteiger partial charge in [0.1, 0.15) is 0 Å². The van der Waals surface area contributed by atoms with Gasteiger partial charge in [0.15, 0.2) is 11.5 Å². The topological polar surface area (TPSA) is 88.2 Å². The highest BCUT2D eigenvalue weighted by molar-refractivity contribution is 7.92. The van der Waals surface area contributed by atoms with Gasteiger partial charge in [0, 0.05) is 49.2 Å². The van der Waals surface area contributed by atoms with Crippen molar-refractivity contribution in [3.05, 3.63) is 70.4 Å². The van der Waals surface area contributed by atoms with E-state index in [1.54, 1.807) is 46.6 Å². The summed E-state index contributed by atoms with van der Waals surface area (Å²) in [7, 11) is -3.88. The van der Waals surface area contributed by atoms with Crippen molar-refractivity contribution in [2.75, 3.05) is 37.7 Å². The Kier molecular flexibility index (Phi) is 5.96. The molecule has 10 heteroatoms. The second-order valence-corrected chi connectivity index (χ2v) is 10.6. The number of thiophene rings is 1. The first kappa shape index (κ1) is 21.7. The van der Waals surface area contributed by atoms with Crippen LogP contribution in [0.1, 0.15) is 15.2 Å². The first-order valence-corrected chi connectivity index (χ1v) is 12.9. The van der Waals surface area contributed by atoms with E-state index >= 15 is 0 Å². The van der Waals surface area contributed by atoms with Gasteiger partial charge < -0.3 is 14.4 Å². The van der Waals surface area contributed by atoms with Crippen LogP contribution in [-0.2, 0) is 16.6 Å². The van der Waals surface area contributed by atoms with E-state index in [-0.39, 0.29) is 17.6 Å². The number of ether oxygens (including phenoxy) is 2. The van der Waals surface area contributed by atoms with Gasteiger partial charge in [-0.1, -0.05) is 12.1 Å². The minimum absolute atomic E-state index is 0.0300. The lowest BCUT2D eigenvalue weighted by atomic mass is 10.2. The number of fused-ring (bicyclic) bond motifs is 1. The lowest BCUT2D eigenvalue weighted by Crippen LogP contribution is -2.48. The van der Waals surface area contributed by atoms with E-state index in [9.17, 15) is 13.2 Å². The number of sulfonamides is 1. The maximum Gasteiger partial charge on any atom is 0.261 e. The molecule has 3 heterocycles. The number of rotatable bonds is 6. The van der Waals surface area contributed by atoms with Crippen LogP contribution in [0.5, 0.6) is 11.5 Å². The standard InChI is InChI=1S/C23H23N3O5S2/c27-23(26-10-8-25(9-11-26)15-19-4-2-12-32-19)17-3-1-5-20(13-17)33(28,29)24-18-6-7-21-22(14-18)31-16-30-21/h1-7,12-14,24H,8-11,15-16H2. The third-order valence-electron chi connectivity index (χ3n) is 5.64. The number of piperazine rings is 1. The molecule has 0 bridgehead atoms. The maximum atomic E-state index is 13.1. The molecular weight excluding hydrogens is 462 g/mol. The third kappa shape index (κ3) is 4.82. The molecule has 2 aromatic carbocycles. The van der Waals surface area contributed by atoms with Crippen molar-refractivity contribution in [2.45, 2.75) is 11.4 Å². The molecule has 1 saturated heterocycles. The molecule has 1 fully saturated rings. The number of hydrogen-bond donors (Lipinski definition) is 1. The lowest BCUT2D eigenvalue weighted by molar-refractivity contribution is 0.0629. The Hall–Kier alpha value is -3.08. The van der Waals surface area contributed by atoms with Crippen molar-refractivity contribution >= 4 is 33.0 Å². The molecule has 3 aromatic rings. The Bertz CT molecular complexity index is 1250.